The van der Waals surface area contributed by atoms with Crippen molar-refractivity contribution >= 4 is 27.3 Å². The average Bonchev–Trinajstić information content (AvgIpc) is 2.27. The molecule has 2 N–H and O–H groups in total. The standard InChI is InChI=1S/C15H22N2O4S/c1-11-5-7-12(8-6-11)16-13(18)9-22(20,21)10-14(19)17-15(2,3)4/h5-8H,9-10H2,1-4H3,(H,16,18)(H,17,19). The number of carbonyl (C=O) groups excluding carboxylic acids is 2. The minimum Gasteiger partial charge on any atom is -0.351 e. The summed E-state index contributed by atoms with van der Waals surface area (Å²) in [5.74, 6) is -2.70. The third-order valence-corrected chi connectivity index (χ3v) is 3.96. The zero-order valence-corrected chi connectivity index (χ0v) is 14.1. The van der Waals surface area contributed by atoms with Crippen molar-refractivity contribution in [2.45, 2.75) is 33.2 Å². The Morgan fingerprint density at radius 2 is 1.50 bits per heavy atom. The molecule has 7 heteroatoms. The lowest BCUT2D eigenvalue weighted by Gasteiger charge is -2.20. The molecule has 0 heterocycles. The van der Waals surface area contributed by atoms with E-state index in [2.05, 4.69) is 10.6 Å². The summed E-state index contributed by atoms with van der Waals surface area (Å²) in [6.45, 7) is 7.16. The molecule has 0 saturated heterocycles. The second kappa shape index (κ2) is 6.91. The Labute approximate surface area is 131 Å². The maximum Gasteiger partial charge on any atom is 0.239 e. The van der Waals surface area contributed by atoms with Crippen LogP contribution in [0.2, 0.25) is 0 Å². The highest BCUT2D eigenvalue weighted by Gasteiger charge is 2.23. The van der Waals surface area contributed by atoms with Gasteiger partial charge < -0.3 is 10.6 Å². The lowest BCUT2D eigenvalue weighted by Crippen LogP contribution is -2.44. The van der Waals surface area contributed by atoms with Gasteiger partial charge in [0.1, 0.15) is 11.5 Å². The predicted octanol–water partition coefficient (Wildman–Crippen LogP) is 1.26. The molecule has 1 aromatic carbocycles. The van der Waals surface area contributed by atoms with Crippen molar-refractivity contribution in [1.82, 2.24) is 5.32 Å². The number of amides is 2. The minimum absolute atomic E-state index is 0.517. The molecule has 0 aliphatic carbocycles. The summed E-state index contributed by atoms with van der Waals surface area (Å²) in [6.07, 6.45) is 0. The van der Waals surface area contributed by atoms with Gasteiger partial charge in [-0.1, -0.05) is 17.7 Å². The molecular formula is C15H22N2O4S. The van der Waals surface area contributed by atoms with Gasteiger partial charge in [-0.2, -0.15) is 0 Å². The van der Waals surface area contributed by atoms with E-state index in [0.717, 1.165) is 5.56 Å². The Balaban J connectivity index is 2.58. The highest BCUT2D eigenvalue weighted by molar-refractivity contribution is 7.92. The molecule has 1 aromatic rings. The molecule has 0 aromatic heterocycles. The molecule has 0 saturated carbocycles. The molecule has 0 radical (unpaired) electrons. The molecule has 0 aliphatic rings. The highest BCUT2D eigenvalue weighted by Crippen LogP contribution is 2.08. The van der Waals surface area contributed by atoms with E-state index < -0.39 is 38.7 Å². The van der Waals surface area contributed by atoms with E-state index in [4.69, 9.17) is 0 Å². The van der Waals surface area contributed by atoms with E-state index in [-0.39, 0.29) is 0 Å². The summed E-state index contributed by atoms with van der Waals surface area (Å²) in [5, 5.41) is 5.05. The van der Waals surface area contributed by atoms with Crippen LogP contribution >= 0.6 is 0 Å². The first-order valence-electron chi connectivity index (χ1n) is 6.85. The number of hydrogen-bond acceptors (Lipinski definition) is 4. The first-order chi connectivity index (χ1) is 9.97. The van der Waals surface area contributed by atoms with Crippen molar-refractivity contribution in [3.05, 3.63) is 29.8 Å². The van der Waals surface area contributed by atoms with Gasteiger partial charge in [-0.15, -0.1) is 0 Å². The van der Waals surface area contributed by atoms with E-state index in [0.29, 0.717) is 5.69 Å². The minimum atomic E-state index is -3.80. The zero-order valence-electron chi connectivity index (χ0n) is 13.3. The van der Waals surface area contributed by atoms with E-state index in [1.807, 2.05) is 6.92 Å². The normalized spacial score (nSPS) is 11.8. The number of hydrogen-bond donors (Lipinski definition) is 2. The molecule has 0 aliphatic heterocycles. The van der Waals surface area contributed by atoms with Gasteiger partial charge in [-0.3, -0.25) is 9.59 Å². The Morgan fingerprint density at radius 1 is 1.00 bits per heavy atom. The predicted molar refractivity (Wildman–Crippen MR) is 86.4 cm³/mol. The van der Waals surface area contributed by atoms with E-state index in [1.165, 1.54) is 0 Å². The smallest absolute Gasteiger partial charge is 0.239 e. The maximum absolute atomic E-state index is 11.9. The second-order valence-electron chi connectivity index (χ2n) is 6.24. The Hall–Kier alpha value is -1.89. The summed E-state index contributed by atoms with van der Waals surface area (Å²) in [7, 11) is -3.80. The summed E-state index contributed by atoms with van der Waals surface area (Å²) in [4.78, 5) is 23.4. The molecule has 0 atom stereocenters. The fourth-order valence-corrected chi connectivity index (χ4v) is 2.78. The quantitative estimate of drug-likeness (QED) is 0.852. The molecule has 0 fully saturated rings. The summed E-state index contributed by atoms with van der Waals surface area (Å²) >= 11 is 0. The lowest BCUT2D eigenvalue weighted by molar-refractivity contribution is -0.120. The molecule has 22 heavy (non-hydrogen) atoms. The van der Waals surface area contributed by atoms with Crippen LogP contribution in [0.1, 0.15) is 26.3 Å². The number of sulfone groups is 1. The van der Waals surface area contributed by atoms with Gasteiger partial charge in [0.25, 0.3) is 0 Å². The van der Waals surface area contributed by atoms with Crippen molar-refractivity contribution in [2.75, 3.05) is 16.8 Å². The lowest BCUT2D eigenvalue weighted by atomic mass is 10.1. The van der Waals surface area contributed by atoms with Gasteiger partial charge in [-0.25, -0.2) is 8.42 Å². The molecule has 2 amide bonds. The number of rotatable bonds is 5. The van der Waals surface area contributed by atoms with Crippen LogP contribution in [0.3, 0.4) is 0 Å². The SMILES string of the molecule is Cc1ccc(NC(=O)CS(=O)(=O)CC(=O)NC(C)(C)C)cc1. The Kier molecular flexibility index (Phi) is 5.71. The molecule has 122 valence electrons. The van der Waals surface area contributed by atoms with Gasteiger partial charge >= 0.3 is 0 Å². The van der Waals surface area contributed by atoms with Crippen LogP contribution < -0.4 is 10.6 Å². The molecule has 6 nitrogen and oxygen atoms in total. The van der Waals surface area contributed by atoms with Gasteiger partial charge in [-0.05, 0) is 39.8 Å². The summed E-state index contributed by atoms with van der Waals surface area (Å²) < 4.78 is 23.7. The number of carbonyl (C=O) groups is 2. The van der Waals surface area contributed by atoms with E-state index >= 15 is 0 Å². The van der Waals surface area contributed by atoms with Gasteiger partial charge in [0.15, 0.2) is 9.84 Å². The third kappa shape index (κ3) is 7.21. The Bertz CT molecular complexity index is 643. The zero-order chi connectivity index (χ0) is 17.0. The monoisotopic (exact) mass is 326 g/mol. The van der Waals surface area contributed by atoms with Crippen LogP contribution in [-0.2, 0) is 19.4 Å². The fraction of sp³-hybridized carbons (Fsp3) is 0.467. The molecule has 0 unspecified atom stereocenters. The van der Waals surface area contributed by atoms with Crippen LogP contribution in [0.15, 0.2) is 24.3 Å². The topological polar surface area (TPSA) is 92.3 Å². The van der Waals surface area contributed by atoms with Crippen LogP contribution in [0.25, 0.3) is 0 Å². The number of aryl methyl sites for hydroxylation is 1. The van der Waals surface area contributed by atoms with Crippen molar-refractivity contribution in [2.24, 2.45) is 0 Å². The van der Waals surface area contributed by atoms with Crippen LogP contribution in [0.4, 0.5) is 5.69 Å². The van der Waals surface area contributed by atoms with Gasteiger partial charge in [0.05, 0.1) is 0 Å². The highest BCUT2D eigenvalue weighted by atomic mass is 32.2. The van der Waals surface area contributed by atoms with Crippen molar-refractivity contribution < 1.29 is 18.0 Å². The van der Waals surface area contributed by atoms with Crippen LogP contribution in [0.5, 0.6) is 0 Å². The van der Waals surface area contributed by atoms with Crippen LogP contribution in [-0.4, -0.2) is 37.3 Å². The largest absolute Gasteiger partial charge is 0.351 e. The van der Waals surface area contributed by atoms with Crippen LogP contribution in [0, 0.1) is 6.92 Å². The van der Waals surface area contributed by atoms with Crippen molar-refractivity contribution in [3.8, 4) is 0 Å². The van der Waals surface area contributed by atoms with Crippen molar-refractivity contribution in [1.29, 1.82) is 0 Å². The second-order valence-corrected chi connectivity index (χ2v) is 8.31. The first-order valence-corrected chi connectivity index (χ1v) is 8.67. The number of benzene rings is 1. The number of anilines is 1. The number of nitrogens with one attached hydrogen (secondary N) is 2. The van der Waals surface area contributed by atoms with E-state index in [9.17, 15) is 18.0 Å². The van der Waals surface area contributed by atoms with Gasteiger partial charge in [0.2, 0.25) is 11.8 Å². The molecular weight excluding hydrogens is 304 g/mol. The van der Waals surface area contributed by atoms with Gasteiger partial charge in [0, 0.05) is 11.2 Å². The fourth-order valence-electron chi connectivity index (χ4n) is 1.74. The maximum atomic E-state index is 11.9. The molecule has 1 rings (SSSR count). The summed E-state index contributed by atoms with van der Waals surface area (Å²) in [5.41, 5.74) is 1.03. The molecule has 0 spiro atoms. The first kappa shape index (κ1) is 18.2. The Morgan fingerprint density at radius 3 is 2.00 bits per heavy atom. The third-order valence-electron chi connectivity index (χ3n) is 2.55. The van der Waals surface area contributed by atoms with Crippen molar-refractivity contribution in [3.63, 3.8) is 0 Å². The molecule has 0 bridgehead atoms. The van der Waals surface area contributed by atoms with E-state index in [1.54, 1.807) is 45.0 Å². The average molecular weight is 326 g/mol. The summed E-state index contributed by atoms with van der Waals surface area (Å²) in [6, 6.07) is 6.99.